The Hall–Kier alpha value is -2.79. The lowest BCUT2D eigenvalue weighted by Gasteiger charge is -2.31. The fraction of sp³-hybridized carbons (Fsp3) is 0.444. The number of benzene rings is 2. The van der Waals surface area contributed by atoms with Gasteiger partial charge in [-0.3, -0.25) is 9.69 Å². The van der Waals surface area contributed by atoms with E-state index in [0.717, 1.165) is 40.9 Å². The number of ether oxygens (including phenoxy) is 1. The van der Waals surface area contributed by atoms with Crippen molar-refractivity contribution < 1.29 is 13.9 Å². The van der Waals surface area contributed by atoms with Crippen LogP contribution in [0.25, 0.3) is 11.0 Å². The van der Waals surface area contributed by atoms with E-state index in [1.807, 2.05) is 32.0 Å². The van der Waals surface area contributed by atoms with Crippen molar-refractivity contribution in [3.63, 3.8) is 0 Å². The molecule has 0 bridgehead atoms. The average molecular weight is 435 g/mol. The molecule has 0 saturated carbocycles. The van der Waals surface area contributed by atoms with Crippen LogP contribution in [0.15, 0.2) is 40.8 Å². The number of rotatable bonds is 6. The van der Waals surface area contributed by atoms with Gasteiger partial charge in [0.2, 0.25) is 0 Å². The Kier molecular flexibility index (Phi) is 6.85. The predicted molar refractivity (Wildman–Crippen MR) is 129 cm³/mol. The van der Waals surface area contributed by atoms with Crippen molar-refractivity contribution in [2.75, 3.05) is 26.7 Å². The Labute approximate surface area is 190 Å². The molecule has 3 aromatic rings. The molecule has 1 aliphatic heterocycles. The summed E-state index contributed by atoms with van der Waals surface area (Å²) in [4.78, 5) is 15.7. The predicted octanol–water partition coefficient (Wildman–Crippen LogP) is 5.71. The highest BCUT2D eigenvalue weighted by molar-refractivity contribution is 5.99. The molecule has 1 aromatic heterocycles. The molecule has 2 aromatic carbocycles. The Morgan fingerprint density at radius 1 is 1.00 bits per heavy atom. The molecule has 1 fully saturated rings. The summed E-state index contributed by atoms with van der Waals surface area (Å²) in [6.45, 7) is 8.71. The molecular formula is C27H34N2O3. The number of carbonyl (C=O) groups excluding carboxylic acids is 1. The van der Waals surface area contributed by atoms with Crippen molar-refractivity contribution in [1.29, 1.82) is 0 Å². The largest absolute Gasteiger partial charge is 0.497 e. The zero-order valence-electron chi connectivity index (χ0n) is 19.7. The van der Waals surface area contributed by atoms with Gasteiger partial charge in [-0.15, -0.1) is 0 Å². The number of fused-ring (bicyclic) bond motifs is 1. The first-order valence-corrected chi connectivity index (χ1v) is 11.6. The molecule has 1 atom stereocenters. The Bertz CT molecular complexity index is 1080. The van der Waals surface area contributed by atoms with Crippen LogP contribution in [0.3, 0.4) is 0 Å². The van der Waals surface area contributed by atoms with Crippen molar-refractivity contribution in [3.05, 3.63) is 64.4 Å². The molecule has 5 nitrogen and oxygen atoms in total. The molecule has 2 heterocycles. The van der Waals surface area contributed by atoms with Crippen LogP contribution < -0.4 is 10.1 Å². The topological polar surface area (TPSA) is 54.7 Å². The lowest BCUT2D eigenvalue weighted by Crippen LogP contribution is -2.38. The van der Waals surface area contributed by atoms with Crippen molar-refractivity contribution >= 4 is 16.9 Å². The smallest absolute Gasteiger partial charge is 0.287 e. The zero-order chi connectivity index (χ0) is 22.7. The number of amides is 1. The number of hydrogen-bond acceptors (Lipinski definition) is 4. The maximum Gasteiger partial charge on any atom is 0.287 e. The Balaban J connectivity index is 1.57. The summed E-state index contributed by atoms with van der Waals surface area (Å²) in [6.07, 6.45) is 4.94. The molecule has 1 N–H and O–H groups in total. The number of carbonyl (C=O) groups is 1. The van der Waals surface area contributed by atoms with Gasteiger partial charge in [0, 0.05) is 17.5 Å². The van der Waals surface area contributed by atoms with E-state index >= 15 is 0 Å². The van der Waals surface area contributed by atoms with Gasteiger partial charge in [-0.1, -0.05) is 37.1 Å². The lowest BCUT2D eigenvalue weighted by atomic mass is 10.0. The molecule has 0 radical (unpaired) electrons. The molecule has 1 amide bonds. The first kappa shape index (κ1) is 22.4. The first-order chi connectivity index (χ1) is 15.5. The summed E-state index contributed by atoms with van der Waals surface area (Å²) in [7, 11) is 1.68. The number of furan rings is 1. The Morgan fingerprint density at radius 2 is 1.69 bits per heavy atom. The molecule has 0 aliphatic carbocycles. The van der Waals surface area contributed by atoms with Gasteiger partial charge in [0.15, 0.2) is 5.76 Å². The molecule has 32 heavy (non-hydrogen) atoms. The van der Waals surface area contributed by atoms with E-state index < -0.39 is 0 Å². The van der Waals surface area contributed by atoms with Crippen LogP contribution in [0.5, 0.6) is 5.75 Å². The maximum absolute atomic E-state index is 13.2. The summed E-state index contributed by atoms with van der Waals surface area (Å²) in [5.41, 5.74) is 5.16. The van der Waals surface area contributed by atoms with Gasteiger partial charge in [0.1, 0.15) is 11.3 Å². The van der Waals surface area contributed by atoms with E-state index in [0.29, 0.717) is 12.3 Å². The van der Waals surface area contributed by atoms with Crippen LogP contribution >= 0.6 is 0 Å². The minimum Gasteiger partial charge on any atom is -0.497 e. The summed E-state index contributed by atoms with van der Waals surface area (Å²) in [5, 5.41) is 4.19. The molecule has 0 unspecified atom stereocenters. The quantitative estimate of drug-likeness (QED) is 0.540. The number of methoxy groups -OCH3 is 1. The zero-order valence-corrected chi connectivity index (χ0v) is 19.7. The summed E-state index contributed by atoms with van der Waals surface area (Å²) in [6, 6.07) is 12.5. The van der Waals surface area contributed by atoms with Gasteiger partial charge in [-0.2, -0.15) is 0 Å². The van der Waals surface area contributed by atoms with E-state index in [4.69, 9.17) is 9.15 Å². The van der Waals surface area contributed by atoms with E-state index in [9.17, 15) is 4.79 Å². The summed E-state index contributed by atoms with van der Waals surface area (Å²) >= 11 is 0. The summed E-state index contributed by atoms with van der Waals surface area (Å²) in [5.74, 6) is 1.11. The van der Waals surface area contributed by atoms with E-state index in [2.05, 4.69) is 35.3 Å². The first-order valence-electron chi connectivity index (χ1n) is 11.6. The minimum absolute atomic E-state index is 0.122. The summed E-state index contributed by atoms with van der Waals surface area (Å²) < 4.78 is 11.4. The third-order valence-corrected chi connectivity index (χ3v) is 6.87. The number of likely N-dealkylation sites (tertiary alicyclic amines) is 1. The van der Waals surface area contributed by atoms with Crippen molar-refractivity contribution in [1.82, 2.24) is 10.2 Å². The van der Waals surface area contributed by atoms with Gasteiger partial charge >= 0.3 is 0 Å². The number of nitrogens with zero attached hydrogens (tertiary/aromatic N) is 1. The highest BCUT2D eigenvalue weighted by Crippen LogP contribution is 2.30. The molecule has 170 valence electrons. The van der Waals surface area contributed by atoms with Gasteiger partial charge in [-0.25, -0.2) is 0 Å². The fourth-order valence-corrected chi connectivity index (χ4v) is 4.69. The molecule has 4 rings (SSSR count). The lowest BCUT2D eigenvalue weighted by molar-refractivity contribution is 0.0907. The number of hydrogen-bond donors (Lipinski definition) is 1. The highest BCUT2D eigenvalue weighted by Gasteiger charge is 2.24. The third-order valence-electron chi connectivity index (χ3n) is 6.87. The van der Waals surface area contributed by atoms with Gasteiger partial charge in [0.05, 0.1) is 13.2 Å². The molecule has 1 aliphatic rings. The third kappa shape index (κ3) is 4.53. The van der Waals surface area contributed by atoms with Crippen LogP contribution in [-0.2, 0) is 0 Å². The normalized spacial score (nSPS) is 16.0. The Morgan fingerprint density at radius 3 is 2.34 bits per heavy atom. The van der Waals surface area contributed by atoms with Crippen molar-refractivity contribution in [2.45, 2.75) is 52.5 Å². The second-order valence-electron chi connectivity index (χ2n) is 8.89. The second-order valence-corrected chi connectivity index (χ2v) is 8.89. The average Bonchev–Trinajstić information content (AvgIpc) is 2.97. The van der Waals surface area contributed by atoms with Gasteiger partial charge < -0.3 is 14.5 Å². The number of nitrogens with one attached hydrogen (secondary N) is 1. The minimum atomic E-state index is -0.149. The van der Waals surface area contributed by atoms with Gasteiger partial charge in [0.25, 0.3) is 5.91 Å². The molecule has 1 saturated heterocycles. The SMILES string of the molecule is COc1ccc([C@H](CNC(=O)c2oc3c(C)c(C)ccc3c2C)N2CCCCCC2)cc1. The van der Waals surface area contributed by atoms with Crippen molar-refractivity contribution in [3.8, 4) is 5.75 Å². The molecular weight excluding hydrogens is 400 g/mol. The second kappa shape index (κ2) is 9.78. The van der Waals surface area contributed by atoms with Gasteiger partial charge in [-0.05, 0) is 75.5 Å². The van der Waals surface area contributed by atoms with E-state index in [-0.39, 0.29) is 11.9 Å². The number of aryl methyl sites for hydroxylation is 3. The van der Waals surface area contributed by atoms with E-state index in [1.165, 1.54) is 36.8 Å². The van der Waals surface area contributed by atoms with Crippen LogP contribution in [0.1, 0.15) is 64.5 Å². The van der Waals surface area contributed by atoms with Crippen LogP contribution in [0.4, 0.5) is 0 Å². The standard InChI is InChI=1S/C27H34N2O3/c1-18-9-14-23-20(3)26(32-25(23)19(18)2)27(30)28-17-24(29-15-7-5-6-8-16-29)21-10-12-22(31-4)13-11-21/h9-14,24H,5-8,15-17H2,1-4H3,(H,28,30)/t24-/m0/s1. The van der Waals surface area contributed by atoms with Crippen LogP contribution in [-0.4, -0.2) is 37.6 Å². The monoisotopic (exact) mass is 434 g/mol. The van der Waals surface area contributed by atoms with E-state index in [1.54, 1.807) is 7.11 Å². The van der Waals surface area contributed by atoms with Crippen LogP contribution in [0, 0.1) is 20.8 Å². The highest BCUT2D eigenvalue weighted by atomic mass is 16.5. The fourth-order valence-electron chi connectivity index (χ4n) is 4.69. The molecule has 5 heteroatoms. The van der Waals surface area contributed by atoms with Crippen LogP contribution in [0.2, 0.25) is 0 Å². The maximum atomic E-state index is 13.2. The van der Waals surface area contributed by atoms with Crippen molar-refractivity contribution in [2.24, 2.45) is 0 Å². The molecule has 0 spiro atoms.